The first-order valence-electron chi connectivity index (χ1n) is 10.8. The van der Waals surface area contributed by atoms with Gasteiger partial charge in [0.2, 0.25) is 0 Å². The zero-order valence-corrected chi connectivity index (χ0v) is 19.1. The summed E-state index contributed by atoms with van der Waals surface area (Å²) in [6, 6.07) is 0. The van der Waals surface area contributed by atoms with Gasteiger partial charge in [-0.3, -0.25) is 0 Å². The van der Waals surface area contributed by atoms with Gasteiger partial charge in [0.15, 0.2) is 6.10 Å². The van der Waals surface area contributed by atoms with Crippen molar-refractivity contribution in [3.8, 4) is 0 Å². The number of allylic oxidation sites excluding steroid dienone is 3. The number of fused-ring (bicyclic) bond motifs is 1. The first kappa shape index (κ1) is 24.6. The molecule has 5 atom stereocenters. The topological polar surface area (TPSA) is 79.3 Å². The number of carbonyl (C=O) groups excluding carboxylic acids is 1. The zero-order valence-electron chi connectivity index (χ0n) is 19.1. The van der Waals surface area contributed by atoms with E-state index in [0.29, 0.717) is 6.42 Å². The largest absolute Gasteiger partial charge is 0.452 e. The summed E-state index contributed by atoms with van der Waals surface area (Å²) in [5.74, 6) is -0.372. The number of esters is 1. The van der Waals surface area contributed by atoms with E-state index >= 15 is 0 Å². The van der Waals surface area contributed by atoms with Gasteiger partial charge in [-0.15, -0.1) is 0 Å². The molecule has 0 saturated carbocycles. The lowest BCUT2D eigenvalue weighted by Crippen LogP contribution is -2.32. The van der Waals surface area contributed by atoms with Crippen LogP contribution in [0.4, 0.5) is 0 Å². The van der Waals surface area contributed by atoms with Crippen LogP contribution in [0.25, 0.3) is 0 Å². The standard InChI is InChI=1S/C25H38O5/c1-17(2)15-23(28)29-21-11-14-24(5,13-10-20(27)18(3)4)12-9-19(16-26)7-8-22-25(21,6)30-22/h9,11,14-15,20-22,26-27H,3,7-8,10,12-13,16H2,1-2,4-6H3/b14-11+,19-9+/t20-,21-,22+,24-,25+/m1/s1. The van der Waals surface area contributed by atoms with Crippen LogP contribution in [0.2, 0.25) is 0 Å². The minimum Gasteiger partial charge on any atom is -0.452 e. The molecule has 168 valence electrons. The summed E-state index contributed by atoms with van der Waals surface area (Å²) in [4.78, 5) is 12.3. The lowest BCUT2D eigenvalue weighted by molar-refractivity contribution is -0.143. The van der Waals surface area contributed by atoms with Crippen LogP contribution in [0.15, 0.2) is 47.6 Å². The summed E-state index contributed by atoms with van der Waals surface area (Å²) in [7, 11) is 0. The lowest BCUT2D eigenvalue weighted by atomic mass is 9.79. The molecule has 1 aliphatic carbocycles. The van der Waals surface area contributed by atoms with Crippen LogP contribution >= 0.6 is 0 Å². The zero-order chi connectivity index (χ0) is 22.5. The van der Waals surface area contributed by atoms with E-state index in [-0.39, 0.29) is 24.1 Å². The molecule has 1 saturated heterocycles. The van der Waals surface area contributed by atoms with Gasteiger partial charge in [-0.2, -0.15) is 0 Å². The second kappa shape index (κ2) is 10.1. The van der Waals surface area contributed by atoms with E-state index in [1.54, 1.807) is 0 Å². The van der Waals surface area contributed by atoms with Gasteiger partial charge >= 0.3 is 5.97 Å². The molecular formula is C25H38O5. The number of epoxide rings is 1. The van der Waals surface area contributed by atoms with E-state index in [1.807, 2.05) is 33.8 Å². The molecule has 5 heteroatoms. The van der Waals surface area contributed by atoms with Gasteiger partial charge in [0, 0.05) is 6.08 Å². The molecule has 0 aromatic rings. The quantitative estimate of drug-likeness (QED) is 0.277. The Morgan fingerprint density at radius 3 is 2.70 bits per heavy atom. The number of hydrogen-bond donors (Lipinski definition) is 2. The monoisotopic (exact) mass is 418 g/mol. The summed E-state index contributed by atoms with van der Waals surface area (Å²) < 4.78 is 11.8. The normalized spacial score (nSPS) is 35.0. The number of ether oxygens (including phenoxy) is 2. The third-order valence-corrected chi connectivity index (χ3v) is 6.21. The van der Waals surface area contributed by atoms with Crippen molar-refractivity contribution in [2.45, 2.75) is 90.6 Å². The third kappa shape index (κ3) is 6.66. The van der Waals surface area contributed by atoms with Gasteiger partial charge in [-0.1, -0.05) is 36.8 Å². The molecule has 30 heavy (non-hydrogen) atoms. The Hall–Kier alpha value is -1.69. The molecule has 2 rings (SSSR count). The van der Waals surface area contributed by atoms with Crippen molar-refractivity contribution in [2.75, 3.05) is 6.61 Å². The number of aliphatic hydroxyl groups is 2. The Morgan fingerprint density at radius 2 is 2.10 bits per heavy atom. The molecule has 2 N–H and O–H groups in total. The molecule has 1 aliphatic heterocycles. The highest BCUT2D eigenvalue weighted by atomic mass is 16.6. The molecule has 0 aromatic carbocycles. The SMILES string of the molecule is C=C(C)[C@H](O)CC[C@]1(C)/C=C/[C@@H](OC(=O)C=C(C)C)[C@]2(C)O[C@H]2CC/C(CO)=C\C1. The maximum Gasteiger partial charge on any atom is 0.331 e. The Bertz CT molecular complexity index is 730. The first-order valence-corrected chi connectivity index (χ1v) is 10.8. The van der Waals surface area contributed by atoms with E-state index < -0.39 is 17.8 Å². The van der Waals surface area contributed by atoms with Crippen molar-refractivity contribution in [1.29, 1.82) is 0 Å². The summed E-state index contributed by atoms with van der Waals surface area (Å²) in [6.07, 6.45) is 10.2. The maximum absolute atomic E-state index is 12.3. The van der Waals surface area contributed by atoms with Crippen molar-refractivity contribution in [2.24, 2.45) is 5.41 Å². The molecule has 1 fully saturated rings. The van der Waals surface area contributed by atoms with Crippen LogP contribution in [0, 0.1) is 5.41 Å². The van der Waals surface area contributed by atoms with Crippen LogP contribution < -0.4 is 0 Å². The molecule has 0 spiro atoms. The molecule has 0 amide bonds. The van der Waals surface area contributed by atoms with Crippen molar-refractivity contribution in [1.82, 2.24) is 0 Å². The molecule has 5 nitrogen and oxygen atoms in total. The smallest absolute Gasteiger partial charge is 0.331 e. The van der Waals surface area contributed by atoms with E-state index in [4.69, 9.17) is 9.47 Å². The first-order chi connectivity index (χ1) is 14.0. The summed E-state index contributed by atoms with van der Waals surface area (Å²) in [5, 5.41) is 20.0. The Kier molecular flexibility index (Phi) is 8.26. The summed E-state index contributed by atoms with van der Waals surface area (Å²) in [6.45, 7) is 13.5. The minimum absolute atomic E-state index is 0.0174. The van der Waals surface area contributed by atoms with Gasteiger partial charge < -0.3 is 19.7 Å². The number of carbonyl (C=O) groups is 1. The number of aliphatic hydroxyl groups excluding tert-OH is 2. The van der Waals surface area contributed by atoms with Crippen LogP contribution in [0.3, 0.4) is 0 Å². The van der Waals surface area contributed by atoms with Gasteiger partial charge in [0.25, 0.3) is 0 Å². The van der Waals surface area contributed by atoms with E-state index in [1.165, 1.54) is 6.08 Å². The van der Waals surface area contributed by atoms with E-state index in [9.17, 15) is 15.0 Å². The molecule has 2 aliphatic rings. The highest BCUT2D eigenvalue weighted by Gasteiger charge is 2.58. The molecular weight excluding hydrogens is 380 g/mol. The number of rotatable bonds is 7. The summed E-state index contributed by atoms with van der Waals surface area (Å²) in [5.41, 5.74) is 1.80. The fraction of sp³-hybridized carbons (Fsp3) is 0.640. The van der Waals surface area contributed by atoms with Crippen molar-refractivity contribution < 1.29 is 24.5 Å². The lowest BCUT2D eigenvalue weighted by Gasteiger charge is -2.28. The Balaban J connectivity index is 2.30. The predicted molar refractivity (Wildman–Crippen MR) is 119 cm³/mol. The average Bonchev–Trinajstić information content (AvgIpc) is 3.33. The molecule has 1 heterocycles. The highest BCUT2D eigenvalue weighted by Crippen LogP contribution is 2.45. The number of hydrogen-bond acceptors (Lipinski definition) is 5. The molecule has 0 radical (unpaired) electrons. The van der Waals surface area contributed by atoms with Crippen LogP contribution in [-0.4, -0.2) is 46.7 Å². The minimum atomic E-state index is -0.565. The maximum atomic E-state index is 12.3. The summed E-state index contributed by atoms with van der Waals surface area (Å²) >= 11 is 0. The molecule has 0 aromatic heterocycles. The van der Waals surface area contributed by atoms with Crippen LogP contribution in [0.5, 0.6) is 0 Å². The second-order valence-electron chi connectivity index (χ2n) is 9.55. The van der Waals surface area contributed by atoms with Crippen molar-refractivity contribution in [3.05, 3.63) is 47.6 Å². The van der Waals surface area contributed by atoms with E-state index in [2.05, 4.69) is 25.7 Å². The fourth-order valence-corrected chi connectivity index (χ4v) is 3.84. The third-order valence-electron chi connectivity index (χ3n) is 6.21. The van der Waals surface area contributed by atoms with Crippen LogP contribution in [-0.2, 0) is 14.3 Å². The Morgan fingerprint density at radius 1 is 1.40 bits per heavy atom. The second-order valence-corrected chi connectivity index (χ2v) is 9.55. The Labute approximate surface area is 181 Å². The van der Waals surface area contributed by atoms with E-state index in [0.717, 1.165) is 42.4 Å². The van der Waals surface area contributed by atoms with Crippen molar-refractivity contribution >= 4 is 5.97 Å². The van der Waals surface area contributed by atoms with Crippen LogP contribution in [0.1, 0.15) is 66.7 Å². The van der Waals surface area contributed by atoms with Gasteiger partial charge in [-0.25, -0.2) is 4.79 Å². The predicted octanol–water partition coefficient (Wildman–Crippen LogP) is 4.40. The highest BCUT2D eigenvalue weighted by molar-refractivity contribution is 5.83. The van der Waals surface area contributed by atoms with Gasteiger partial charge in [-0.05, 0) is 76.9 Å². The van der Waals surface area contributed by atoms with Gasteiger partial charge in [0.1, 0.15) is 5.60 Å². The molecule has 0 bridgehead atoms. The van der Waals surface area contributed by atoms with Gasteiger partial charge in [0.05, 0.1) is 18.8 Å². The van der Waals surface area contributed by atoms with Crippen molar-refractivity contribution in [3.63, 3.8) is 0 Å². The average molecular weight is 419 g/mol. The fourth-order valence-electron chi connectivity index (χ4n) is 3.84. The molecule has 0 unspecified atom stereocenters.